The summed E-state index contributed by atoms with van der Waals surface area (Å²) >= 11 is 1.52. The van der Waals surface area contributed by atoms with E-state index >= 15 is 0 Å². The lowest BCUT2D eigenvalue weighted by atomic mass is 9.99. The van der Waals surface area contributed by atoms with Gasteiger partial charge in [-0.05, 0) is 30.4 Å². The molecule has 27 heavy (non-hydrogen) atoms. The number of aryl methyl sites for hydroxylation is 1. The summed E-state index contributed by atoms with van der Waals surface area (Å²) in [6.07, 6.45) is 2.00. The summed E-state index contributed by atoms with van der Waals surface area (Å²) in [7, 11) is 0. The normalized spacial score (nSPS) is 11.4. The molecular weight excluding hydrogens is 356 g/mol. The van der Waals surface area contributed by atoms with Gasteiger partial charge in [0.05, 0.1) is 5.39 Å². The highest BCUT2D eigenvalue weighted by Gasteiger charge is 2.17. The van der Waals surface area contributed by atoms with E-state index in [9.17, 15) is 9.59 Å². The first kappa shape index (κ1) is 19.5. The maximum atomic E-state index is 13.3. The molecule has 0 radical (unpaired) electrons. The molecule has 3 rings (SSSR count). The average molecular weight is 383 g/mol. The quantitative estimate of drug-likeness (QED) is 0.566. The molecule has 2 heterocycles. The number of hydrogen-bond donors (Lipinski definition) is 0. The van der Waals surface area contributed by atoms with Crippen LogP contribution in [0.1, 0.15) is 57.8 Å². The Balaban J connectivity index is 2.14. The number of thiophene rings is 1. The molecule has 142 valence electrons. The minimum absolute atomic E-state index is 0.0334. The number of carbonyl (C=O) groups excluding carboxylic acids is 1. The maximum absolute atomic E-state index is 13.3. The monoisotopic (exact) mass is 382 g/mol. The van der Waals surface area contributed by atoms with Gasteiger partial charge < -0.3 is 0 Å². The third-order valence-electron chi connectivity index (χ3n) is 4.82. The lowest BCUT2D eigenvalue weighted by Gasteiger charge is -2.12. The van der Waals surface area contributed by atoms with E-state index in [0.717, 1.165) is 34.6 Å². The first-order valence-corrected chi connectivity index (χ1v) is 10.4. The molecule has 0 N–H and O–H groups in total. The first-order chi connectivity index (χ1) is 12.9. The summed E-state index contributed by atoms with van der Waals surface area (Å²) in [6, 6.07) is 8.40. The SMILES string of the molecule is CCCc1nc2scc(-c3ccc(C(C)C)cc3)c2c(=O)n1CCC(C)=O. The van der Waals surface area contributed by atoms with E-state index in [1.807, 2.05) is 5.38 Å². The van der Waals surface area contributed by atoms with E-state index in [1.54, 1.807) is 11.5 Å². The van der Waals surface area contributed by atoms with Crippen LogP contribution in [0.5, 0.6) is 0 Å². The number of nitrogens with zero attached hydrogens (tertiary/aromatic N) is 2. The van der Waals surface area contributed by atoms with Crippen molar-refractivity contribution >= 4 is 27.3 Å². The maximum Gasteiger partial charge on any atom is 0.262 e. The molecule has 0 spiro atoms. The van der Waals surface area contributed by atoms with E-state index < -0.39 is 0 Å². The Kier molecular flexibility index (Phi) is 5.90. The van der Waals surface area contributed by atoms with Crippen molar-refractivity contribution in [1.82, 2.24) is 9.55 Å². The van der Waals surface area contributed by atoms with Gasteiger partial charge in [-0.25, -0.2) is 4.98 Å². The lowest BCUT2D eigenvalue weighted by molar-refractivity contribution is -0.117. The van der Waals surface area contributed by atoms with Crippen LogP contribution in [-0.4, -0.2) is 15.3 Å². The zero-order chi connectivity index (χ0) is 19.6. The fourth-order valence-corrected chi connectivity index (χ4v) is 4.20. The van der Waals surface area contributed by atoms with Crippen LogP contribution in [0.3, 0.4) is 0 Å². The Bertz CT molecular complexity index is 1010. The molecule has 0 saturated heterocycles. The number of carbonyl (C=O) groups is 1. The number of benzene rings is 1. The molecule has 4 nitrogen and oxygen atoms in total. The minimum atomic E-state index is -0.0334. The van der Waals surface area contributed by atoms with Gasteiger partial charge >= 0.3 is 0 Å². The molecule has 0 fully saturated rings. The van der Waals surface area contributed by atoms with Gasteiger partial charge in [0.2, 0.25) is 0 Å². The van der Waals surface area contributed by atoms with E-state index in [4.69, 9.17) is 4.98 Å². The molecule has 0 bridgehead atoms. The second-order valence-electron chi connectivity index (χ2n) is 7.29. The summed E-state index contributed by atoms with van der Waals surface area (Å²) in [5.41, 5.74) is 3.21. The molecule has 0 aliphatic rings. The van der Waals surface area contributed by atoms with Gasteiger partial charge in [0.15, 0.2) is 0 Å². The molecule has 0 saturated carbocycles. The van der Waals surface area contributed by atoms with Crippen molar-refractivity contribution < 1.29 is 4.79 Å². The molecule has 0 atom stereocenters. The van der Waals surface area contributed by atoms with E-state index in [2.05, 4.69) is 45.0 Å². The standard InChI is InChI=1S/C22H26N2O2S/c1-5-6-19-23-21-20(22(26)24(19)12-11-15(4)25)18(13-27-21)17-9-7-16(8-10-17)14(2)3/h7-10,13-14H,5-6,11-12H2,1-4H3. The number of hydrogen-bond acceptors (Lipinski definition) is 4. The number of ketones is 1. The highest BCUT2D eigenvalue weighted by atomic mass is 32.1. The van der Waals surface area contributed by atoms with Crippen LogP contribution in [0.4, 0.5) is 0 Å². The van der Waals surface area contributed by atoms with Crippen molar-refractivity contribution in [3.63, 3.8) is 0 Å². The van der Waals surface area contributed by atoms with Crippen LogP contribution < -0.4 is 5.56 Å². The van der Waals surface area contributed by atoms with E-state index in [0.29, 0.717) is 24.3 Å². The minimum Gasteiger partial charge on any atom is -0.300 e. The summed E-state index contributed by atoms with van der Waals surface area (Å²) in [4.78, 5) is 30.3. The Morgan fingerprint density at radius 2 is 1.93 bits per heavy atom. The fourth-order valence-electron chi connectivity index (χ4n) is 3.24. The summed E-state index contributed by atoms with van der Waals surface area (Å²) in [5, 5.41) is 2.69. The topological polar surface area (TPSA) is 52.0 Å². The average Bonchev–Trinajstić information content (AvgIpc) is 3.05. The molecule has 5 heteroatoms. The van der Waals surface area contributed by atoms with Gasteiger partial charge in [-0.3, -0.25) is 14.2 Å². The third-order valence-corrected chi connectivity index (χ3v) is 5.69. The Morgan fingerprint density at radius 3 is 2.52 bits per heavy atom. The summed E-state index contributed by atoms with van der Waals surface area (Å²) in [6.45, 7) is 8.36. The Hall–Kier alpha value is -2.27. The first-order valence-electron chi connectivity index (χ1n) is 9.53. The number of fused-ring (bicyclic) bond motifs is 1. The van der Waals surface area contributed by atoms with Crippen LogP contribution in [0.25, 0.3) is 21.3 Å². The zero-order valence-electron chi connectivity index (χ0n) is 16.4. The molecule has 0 aliphatic carbocycles. The van der Waals surface area contributed by atoms with Crippen LogP contribution in [-0.2, 0) is 17.8 Å². The van der Waals surface area contributed by atoms with Crippen molar-refractivity contribution in [3.8, 4) is 11.1 Å². The van der Waals surface area contributed by atoms with Gasteiger partial charge in [-0.15, -0.1) is 11.3 Å². The van der Waals surface area contributed by atoms with Crippen LogP contribution in [0, 0.1) is 0 Å². The van der Waals surface area contributed by atoms with Gasteiger partial charge in [0.1, 0.15) is 16.4 Å². The molecule has 3 aromatic rings. The second kappa shape index (κ2) is 8.17. The molecule has 0 aliphatic heterocycles. The molecule has 1 aromatic carbocycles. The number of Topliss-reactive ketones (excluding diaryl/α,β-unsaturated/α-hetero) is 1. The van der Waals surface area contributed by atoms with Gasteiger partial charge in [-0.1, -0.05) is 45.0 Å². The predicted octanol–water partition coefficient (Wildman–Crippen LogP) is 5.18. The van der Waals surface area contributed by atoms with Crippen molar-refractivity contribution in [3.05, 3.63) is 51.4 Å². The van der Waals surface area contributed by atoms with Crippen molar-refractivity contribution in [2.24, 2.45) is 0 Å². The van der Waals surface area contributed by atoms with Gasteiger partial charge in [-0.2, -0.15) is 0 Å². The predicted molar refractivity (Wildman–Crippen MR) is 113 cm³/mol. The van der Waals surface area contributed by atoms with Crippen LogP contribution in [0.15, 0.2) is 34.4 Å². The number of rotatable bonds is 7. The van der Waals surface area contributed by atoms with Crippen LogP contribution >= 0.6 is 11.3 Å². The number of aromatic nitrogens is 2. The van der Waals surface area contributed by atoms with Crippen molar-refractivity contribution in [2.75, 3.05) is 0 Å². The largest absolute Gasteiger partial charge is 0.300 e. The highest BCUT2D eigenvalue weighted by Crippen LogP contribution is 2.32. The molecule has 0 unspecified atom stereocenters. The van der Waals surface area contributed by atoms with Gasteiger partial charge in [0.25, 0.3) is 5.56 Å². The Morgan fingerprint density at radius 1 is 1.22 bits per heavy atom. The fraction of sp³-hybridized carbons (Fsp3) is 0.409. The lowest BCUT2D eigenvalue weighted by Crippen LogP contribution is -2.26. The van der Waals surface area contributed by atoms with Crippen LogP contribution in [0.2, 0.25) is 0 Å². The van der Waals surface area contributed by atoms with E-state index in [1.165, 1.54) is 16.9 Å². The molecular formula is C22H26N2O2S. The zero-order valence-corrected chi connectivity index (χ0v) is 17.2. The molecule has 2 aromatic heterocycles. The summed E-state index contributed by atoms with van der Waals surface area (Å²) in [5.74, 6) is 1.33. The summed E-state index contributed by atoms with van der Waals surface area (Å²) < 4.78 is 1.70. The van der Waals surface area contributed by atoms with Crippen molar-refractivity contribution in [2.45, 2.75) is 59.4 Å². The smallest absolute Gasteiger partial charge is 0.262 e. The third kappa shape index (κ3) is 4.03. The van der Waals surface area contributed by atoms with E-state index in [-0.39, 0.29) is 11.3 Å². The molecule has 0 amide bonds. The highest BCUT2D eigenvalue weighted by molar-refractivity contribution is 7.17. The Labute approximate surface area is 163 Å². The van der Waals surface area contributed by atoms with Gasteiger partial charge in [0, 0.05) is 30.3 Å². The second-order valence-corrected chi connectivity index (χ2v) is 8.15. The van der Waals surface area contributed by atoms with Crippen molar-refractivity contribution in [1.29, 1.82) is 0 Å².